The second-order valence-electron chi connectivity index (χ2n) is 11.4. The molecule has 210 valence electrons. The third-order valence-electron chi connectivity index (χ3n) is 6.85. The summed E-state index contributed by atoms with van der Waals surface area (Å²) in [6.45, 7) is 15.6. The number of fused-ring (bicyclic) bond motifs is 1. The Morgan fingerprint density at radius 1 is 1.11 bits per heavy atom. The molecule has 0 unspecified atom stereocenters. The smallest absolute Gasteiger partial charge is 0.407 e. The highest BCUT2D eigenvalue weighted by molar-refractivity contribution is 6.08. The van der Waals surface area contributed by atoms with Gasteiger partial charge in [0.1, 0.15) is 16.9 Å². The van der Waals surface area contributed by atoms with E-state index in [0.29, 0.717) is 23.8 Å². The normalized spacial score (nSPS) is 17.4. The summed E-state index contributed by atoms with van der Waals surface area (Å²) in [6.07, 6.45) is 6.32. The van der Waals surface area contributed by atoms with Gasteiger partial charge in [-0.05, 0) is 76.8 Å². The van der Waals surface area contributed by atoms with Gasteiger partial charge in [-0.15, -0.1) is 0 Å². The Hall–Kier alpha value is -3.16. The third kappa shape index (κ3) is 7.68. The second-order valence-corrected chi connectivity index (χ2v) is 11.4. The van der Waals surface area contributed by atoms with Gasteiger partial charge in [0.25, 0.3) is 0 Å². The maximum Gasteiger partial charge on any atom is 0.407 e. The third-order valence-corrected chi connectivity index (χ3v) is 6.85. The van der Waals surface area contributed by atoms with Crippen LogP contribution in [0.2, 0.25) is 0 Å². The molecule has 2 aliphatic carbocycles. The zero-order valence-electron chi connectivity index (χ0n) is 24.6. The number of nitrogens with zero attached hydrogens (tertiary/aromatic N) is 2. The molecule has 0 bridgehead atoms. The molecule has 1 amide bonds. The number of ether oxygens (including phenoxy) is 3. The minimum Gasteiger partial charge on any atom is -0.496 e. The van der Waals surface area contributed by atoms with E-state index >= 15 is 0 Å². The minimum absolute atomic E-state index is 0.248. The van der Waals surface area contributed by atoms with Crippen molar-refractivity contribution in [1.29, 1.82) is 0 Å². The Labute approximate surface area is 227 Å². The molecule has 8 heteroatoms. The number of rotatable bonds is 5. The van der Waals surface area contributed by atoms with Crippen LogP contribution < -0.4 is 10.1 Å². The zero-order chi connectivity index (χ0) is 28.7. The molecule has 1 fully saturated rings. The molecule has 0 aromatic heterocycles. The quantitative estimate of drug-likeness (QED) is 0.352. The minimum atomic E-state index is -0.410. The van der Waals surface area contributed by atoms with Gasteiger partial charge < -0.3 is 19.5 Å². The van der Waals surface area contributed by atoms with E-state index in [-0.39, 0.29) is 11.5 Å². The first kappa shape index (κ1) is 31.1. The largest absolute Gasteiger partial charge is 0.496 e. The van der Waals surface area contributed by atoms with Crippen LogP contribution in [0.5, 0.6) is 5.75 Å². The Balaban J connectivity index is 0.000000308. The molecule has 2 aliphatic rings. The molecule has 1 N–H and O–H groups in total. The van der Waals surface area contributed by atoms with Crippen molar-refractivity contribution >= 4 is 30.2 Å². The van der Waals surface area contributed by atoms with Crippen LogP contribution in [0, 0.1) is 5.41 Å². The van der Waals surface area contributed by atoms with Crippen molar-refractivity contribution < 1.29 is 23.8 Å². The van der Waals surface area contributed by atoms with Gasteiger partial charge in [0.15, 0.2) is 0 Å². The maximum atomic E-state index is 12.4. The maximum absolute atomic E-state index is 12.4. The number of benzene rings is 1. The average Bonchev–Trinajstić information content (AvgIpc) is 2.85. The number of aliphatic imine (C=N–C) groups is 2. The van der Waals surface area contributed by atoms with Gasteiger partial charge in [0.05, 0.1) is 19.9 Å². The summed E-state index contributed by atoms with van der Waals surface area (Å²) in [5.41, 5.74) is 4.30. The summed E-state index contributed by atoms with van der Waals surface area (Å²) >= 11 is 0. The van der Waals surface area contributed by atoms with Crippen molar-refractivity contribution in [3.63, 3.8) is 0 Å². The molecule has 1 saturated carbocycles. The molecule has 0 aliphatic heterocycles. The molecule has 3 rings (SSSR count). The van der Waals surface area contributed by atoms with Crippen LogP contribution in [-0.2, 0) is 15.9 Å². The van der Waals surface area contributed by atoms with E-state index in [9.17, 15) is 9.59 Å². The van der Waals surface area contributed by atoms with E-state index in [1.54, 1.807) is 20.2 Å². The molecule has 1 aromatic rings. The molecule has 0 radical (unpaired) electrons. The molecule has 1 aromatic carbocycles. The van der Waals surface area contributed by atoms with Crippen molar-refractivity contribution in [2.45, 2.75) is 91.7 Å². The second kappa shape index (κ2) is 13.1. The summed E-state index contributed by atoms with van der Waals surface area (Å²) < 4.78 is 15.5. The molecular formula is C30H45N3O5. The van der Waals surface area contributed by atoms with Crippen molar-refractivity contribution in [2.75, 3.05) is 21.3 Å². The number of esters is 1. The van der Waals surface area contributed by atoms with E-state index in [4.69, 9.17) is 14.2 Å². The standard InChI is InChI=1S/C19H24N2O3.C11H21NO2/c1-11(20-4)16-17(21-5)12-8-9-14(23-6)15(18(22)24-7)13(12)10-19(16,2)3;1-11(2,3)14-10(13)12-9-7-5-4-6-8-9/h8-9H,5,10H2,1-4,6-7H3;9H,4-8H2,1-3H3,(H,12,13). The summed E-state index contributed by atoms with van der Waals surface area (Å²) in [5.74, 6) is 0.0939. The summed E-state index contributed by atoms with van der Waals surface area (Å²) in [7, 11) is 4.68. The fourth-order valence-electron chi connectivity index (χ4n) is 5.17. The predicted octanol–water partition coefficient (Wildman–Crippen LogP) is 6.41. The molecule has 0 saturated heterocycles. The van der Waals surface area contributed by atoms with Crippen LogP contribution in [0.3, 0.4) is 0 Å². The molecular weight excluding hydrogens is 482 g/mol. The van der Waals surface area contributed by atoms with Crippen molar-refractivity contribution in [2.24, 2.45) is 15.4 Å². The van der Waals surface area contributed by atoms with Crippen LogP contribution in [0.1, 0.15) is 95.1 Å². The Kier molecular flexibility index (Phi) is 10.7. The van der Waals surface area contributed by atoms with Gasteiger partial charge in [0, 0.05) is 29.9 Å². The number of nitrogens with one attached hydrogen (secondary N) is 1. The number of carbonyl (C=O) groups is 2. The molecule has 0 heterocycles. The van der Waals surface area contributed by atoms with E-state index < -0.39 is 11.6 Å². The number of allylic oxidation sites excluding steroid dienone is 1. The number of methoxy groups -OCH3 is 2. The highest BCUT2D eigenvalue weighted by Crippen LogP contribution is 2.46. The van der Waals surface area contributed by atoms with Crippen LogP contribution in [-0.4, -0.2) is 57.4 Å². The van der Waals surface area contributed by atoms with Crippen molar-refractivity contribution in [3.05, 3.63) is 34.4 Å². The molecule has 8 nitrogen and oxygen atoms in total. The van der Waals surface area contributed by atoms with Crippen LogP contribution in [0.15, 0.2) is 27.7 Å². The van der Waals surface area contributed by atoms with Crippen molar-refractivity contribution in [1.82, 2.24) is 5.32 Å². The first-order valence-electron chi connectivity index (χ1n) is 13.2. The lowest BCUT2D eigenvalue weighted by molar-refractivity contribution is 0.0492. The SMILES string of the molecule is C=NC1=C(C(C)=NC)C(C)(C)Cc2c1ccc(OC)c2C(=O)OC.CC(C)(C)OC(=O)NC1CCCCC1. The Bertz CT molecular complexity index is 1090. The van der Waals surface area contributed by atoms with Crippen LogP contribution in [0.4, 0.5) is 4.79 Å². The van der Waals surface area contributed by atoms with Crippen LogP contribution >= 0.6 is 0 Å². The van der Waals surface area contributed by atoms with Gasteiger partial charge in [0.2, 0.25) is 0 Å². The summed E-state index contributed by atoms with van der Waals surface area (Å²) in [5, 5.41) is 2.91. The lowest BCUT2D eigenvalue weighted by Crippen LogP contribution is -2.39. The van der Waals surface area contributed by atoms with Gasteiger partial charge >= 0.3 is 12.1 Å². The highest BCUT2D eigenvalue weighted by Gasteiger charge is 2.37. The highest BCUT2D eigenvalue weighted by atomic mass is 16.6. The lowest BCUT2D eigenvalue weighted by Gasteiger charge is -2.36. The zero-order valence-corrected chi connectivity index (χ0v) is 24.6. The predicted molar refractivity (Wildman–Crippen MR) is 154 cm³/mol. The van der Waals surface area contributed by atoms with Gasteiger partial charge in [-0.2, -0.15) is 0 Å². The number of hydrogen-bond acceptors (Lipinski definition) is 7. The fraction of sp³-hybridized carbons (Fsp3) is 0.600. The van der Waals surface area contributed by atoms with Gasteiger partial charge in [-0.3, -0.25) is 9.98 Å². The van der Waals surface area contributed by atoms with E-state index in [0.717, 1.165) is 41.0 Å². The summed E-state index contributed by atoms with van der Waals surface area (Å²) in [6, 6.07) is 4.02. The average molecular weight is 528 g/mol. The number of alkyl carbamates (subject to hydrolysis) is 1. The number of carbonyl (C=O) groups excluding carboxylic acids is 2. The van der Waals surface area contributed by atoms with Crippen molar-refractivity contribution in [3.8, 4) is 5.75 Å². The van der Waals surface area contributed by atoms with E-state index in [1.807, 2.05) is 33.8 Å². The number of amides is 1. The first-order valence-corrected chi connectivity index (χ1v) is 13.2. The monoisotopic (exact) mass is 527 g/mol. The van der Waals surface area contributed by atoms with Crippen LogP contribution in [0.25, 0.3) is 5.70 Å². The summed E-state index contributed by atoms with van der Waals surface area (Å²) in [4.78, 5) is 32.4. The van der Waals surface area contributed by atoms with Gasteiger partial charge in [-0.25, -0.2) is 9.59 Å². The lowest BCUT2D eigenvalue weighted by atomic mass is 9.69. The Morgan fingerprint density at radius 3 is 2.24 bits per heavy atom. The molecule has 38 heavy (non-hydrogen) atoms. The molecule has 0 spiro atoms. The number of hydrogen-bond donors (Lipinski definition) is 1. The fourth-order valence-corrected chi connectivity index (χ4v) is 5.17. The topological polar surface area (TPSA) is 98.6 Å². The molecule has 0 atom stereocenters. The first-order chi connectivity index (χ1) is 17.8. The van der Waals surface area contributed by atoms with Gasteiger partial charge in [-0.1, -0.05) is 33.1 Å². The van der Waals surface area contributed by atoms with E-state index in [1.165, 1.54) is 26.4 Å². The van der Waals surface area contributed by atoms with E-state index in [2.05, 4.69) is 35.9 Å². The Morgan fingerprint density at radius 2 is 1.74 bits per heavy atom.